The van der Waals surface area contributed by atoms with Gasteiger partial charge in [-0.25, -0.2) is 9.97 Å². The number of carbonyl (C=O) groups is 1. The van der Waals surface area contributed by atoms with E-state index in [1.54, 1.807) is 30.2 Å². The average molecular weight is 316 g/mol. The summed E-state index contributed by atoms with van der Waals surface area (Å²) in [6, 6.07) is 1.68. The van der Waals surface area contributed by atoms with Gasteiger partial charge in [0.25, 0.3) is 5.91 Å². The van der Waals surface area contributed by atoms with E-state index in [2.05, 4.69) is 31.2 Å². The molecule has 7 heteroatoms. The van der Waals surface area contributed by atoms with Crippen molar-refractivity contribution in [2.24, 2.45) is 7.05 Å². The van der Waals surface area contributed by atoms with E-state index in [1.807, 2.05) is 0 Å². The van der Waals surface area contributed by atoms with Crippen LogP contribution in [0.25, 0.3) is 0 Å². The Bertz CT molecular complexity index is 569. The SMILES string of the molecule is Cn1cncc1C(=O)Nc1cc(Br)cnc1Cl. The minimum atomic E-state index is -0.285. The van der Waals surface area contributed by atoms with Crippen LogP contribution in [-0.4, -0.2) is 20.4 Å². The summed E-state index contributed by atoms with van der Waals surface area (Å²) >= 11 is 9.13. The van der Waals surface area contributed by atoms with Crippen LogP contribution in [0.5, 0.6) is 0 Å². The molecule has 0 aromatic carbocycles. The van der Waals surface area contributed by atoms with Crippen LogP contribution >= 0.6 is 27.5 Å². The third kappa shape index (κ3) is 2.65. The van der Waals surface area contributed by atoms with Crippen molar-refractivity contribution in [1.82, 2.24) is 14.5 Å². The van der Waals surface area contributed by atoms with E-state index in [-0.39, 0.29) is 11.1 Å². The molecular formula is C10H8BrClN4O. The molecule has 0 radical (unpaired) electrons. The summed E-state index contributed by atoms with van der Waals surface area (Å²) < 4.78 is 2.36. The molecule has 0 bridgehead atoms. The second-order valence-electron chi connectivity index (χ2n) is 3.34. The molecule has 17 heavy (non-hydrogen) atoms. The zero-order chi connectivity index (χ0) is 12.4. The molecule has 2 heterocycles. The van der Waals surface area contributed by atoms with Crippen molar-refractivity contribution in [2.45, 2.75) is 0 Å². The van der Waals surface area contributed by atoms with Gasteiger partial charge in [0, 0.05) is 17.7 Å². The largest absolute Gasteiger partial charge is 0.330 e. The summed E-state index contributed by atoms with van der Waals surface area (Å²) in [7, 11) is 1.74. The number of pyridine rings is 1. The van der Waals surface area contributed by atoms with Crippen LogP contribution < -0.4 is 5.32 Å². The van der Waals surface area contributed by atoms with E-state index < -0.39 is 0 Å². The van der Waals surface area contributed by atoms with Crippen LogP contribution in [0.4, 0.5) is 5.69 Å². The monoisotopic (exact) mass is 314 g/mol. The summed E-state index contributed by atoms with van der Waals surface area (Å²) in [5, 5.41) is 2.91. The Morgan fingerprint density at radius 3 is 2.94 bits per heavy atom. The number of imidazole rings is 1. The van der Waals surface area contributed by atoms with E-state index >= 15 is 0 Å². The van der Waals surface area contributed by atoms with E-state index in [0.29, 0.717) is 11.4 Å². The van der Waals surface area contributed by atoms with Gasteiger partial charge in [-0.05, 0) is 22.0 Å². The highest BCUT2D eigenvalue weighted by molar-refractivity contribution is 9.10. The summed E-state index contributed by atoms with van der Waals surface area (Å²) in [5.41, 5.74) is 0.897. The number of carbonyl (C=O) groups excluding carboxylic acids is 1. The maximum absolute atomic E-state index is 11.9. The second-order valence-corrected chi connectivity index (χ2v) is 4.61. The predicted octanol–water partition coefficient (Wildman–Crippen LogP) is 2.48. The van der Waals surface area contributed by atoms with Gasteiger partial charge in [-0.2, -0.15) is 0 Å². The first kappa shape index (κ1) is 12.1. The Labute approximate surface area is 111 Å². The number of hydrogen-bond donors (Lipinski definition) is 1. The second kappa shape index (κ2) is 4.85. The van der Waals surface area contributed by atoms with Crippen LogP contribution in [0.3, 0.4) is 0 Å². The fourth-order valence-electron chi connectivity index (χ4n) is 1.27. The lowest BCUT2D eigenvalue weighted by Gasteiger charge is -2.07. The molecule has 5 nitrogen and oxygen atoms in total. The van der Waals surface area contributed by atoms with Crippen molar-refractivity contribution in [3.8, 4) is 0 Å². The van der Waals surface area contributed by atoms with Crippen molar-refractivity contribution < 1.29 is 4.79 Å². The number of anilines is 1. The summed E-state index contributed by atoms with van der Waals surface area (Å²) in [6.45, 7) is 0. The number of halogens is 2. The number of hydrogen-bond acceptors (Lipinski definition) is 3. The molecule has 0 spiro atoms. The van der Waals surface area contributed by atoms with Gasteiger partial charge in [-0.3, -0.25) is 4.79 Å². The number of nitrogens with zero attached hydrogens (tertiary/aromatic N) is 3. The van der Waals surface area contributed by atoms with Gasteiger partial charge in [0.15, 0.2) is 5.15 Å². The molecule has 0 fully saturated rings. The summed E-state index contributed by atoms with van der Waals surface area (Å²) in [6.07, 6.45) is 4.59. The highest BCUT2D eigenvalue weighted by Crippen LogP contribution is 2.23. The molecule has 0 saturated heterocycles. The molecular weight excluding hydrogens is 307 g/mol. The quantitative estimate of drug-likeness (QED) is 0.866. The van der Waals surface area contributed by atoms with Gasteiger partial charge >= 0.3 is 0 Å². The molecule has 2 aromatic heterocycles. The number of rotatable bonds is 2. The molecule has 2 aromatic rings. The molecule has 2 rings (SSSR count). The van der Waals surface area contributed by atoms with Gasteiger partial charge in [0.2, 0.25) is 0 Å². The molecule has 0 aliphatic rings. The Hall–Kier alpha value is -1.40. The molecule has 0 unspecified atom stereocenters. The topological polar surface area (TPSA) is 59.8 Å². The van der Waals surface area contributed by atoms with Crippen molar-refractivity contribution in [1.29, 1.82) is 0 Å². The summed E-state index contributed by atoms with van der Waals surface area (Å²) in [5.74, 6) is -0.285. The average Bonchev–Trinajstić information content (AvgIpc) is 2.70. The fraction of sp³-hybridized carbons (Fsp3) is 0.100. The number of nitrogens with one attached hydrogen (secondary N) is 1. The lowest BCUT2D eigenvalue weighted by atomic mass is 10.3. The first-order chi connectivity index (χ1) is 8.08. The lowest BCUT2D eigenvalue weighted by molar-refractivity contribution is 0.101. The standard InChI is InChI=1S/C10H8BrClN4O/c1-16-5-13-4-8(16)10(17)15-7-2-6(11)3-14-9(7)12/h2-5H,1H3,(H,15,17). The van der Waals surface area contributed by atoms with Crippen molar-refractivity contribution in [3.63, 3.8) is 0 Å². The molecule has 0 aliphatic carbocycles. The minimum absolute atomic E-state index is 0.240. The van der Waals surface area contributed by atoms with Crippen LogP contribution in [-0.2, 0) is 7.05 Å². The first-order valence-corrected chi connectivity index (χ1v) is 5.83. The highest BCUT2D eigenvalue weighted by atomic mass is 79.9. The van der Waals surface area contributed by atoms with E-state index in [1.165, 1.54) is 6.20 Å². The zero-order valence-electron chi connectivity index (χ0n) is 8.82. The van der Waals surface area contributed by atoms with Gasteiger partial charge in [0.1, 0.15) is 5.69 Å². The molecule has 0 saturated carbocycles. The Morgan fingerprint density at radius 1 is 1.53 bits per heavy atom. The van der Waals surface area contributed by atoms with E-state index in [0.717, 1.165) is 4.47 Å². The van der Waals surface area contributed by atoms with Crippen molar-refractivity contribution >= 4 is 39.1 Å². The number of aromatic nitrogens is 3. The van der Waals surface area contributed by atoms with Gasteiger partial charge in [-0.1, -0.05) is 11.6 Å². The lowest BCUT2D eigenvalue weighted by Crippen LogP contribution is -2.15. The molecule has 1 N–H and O–H groups in total. The van der Waals surface area contributed by atoms with Gasteiger partial charge in [-0.15, -0.1) is 0 Å². The Morgan fingerprint density at radius 2 is 2.29 bits per heavy atom. The van der Waals surface area contributed by atoms with E-state index in [4.69, 9.17) is 11.6 Å². The maximum atomic E-state index is 11.9. The van der Waals surface area contributed by atoms with Crippen molar-refractivity contribution in [2.75, 3.05) is 5.32 Å². The molecule has 0 aliphatic heterocycles. The summed E-state index contributed by atoms with van der Waals surface area (Å²) in [4.78, 5) is 19.7. The first-order valence-electron chi connectivity index (χ1n) is 4.66. The zero-order valence-corrected chi connectivity index (χ0v) is 11.2. The third-order valence-corrected chi connectivity index (χ3v) is 2.84. The molecule has 0 atom stereocenters. The van der Waals surface area contributed by atoms with Crippen LogP contribution in [0.2, 0.25) is 5.15 Å². The van der Waals surface area contributed by atoms with Crippen molar-refractivity contribution in [3.05, 3.63) is 40.1 Å². The Kier molecular flexibility index (Phi) is 3.44. The molecule has 88 valence electrons. The fourth-order valence-corrected chi connectivity index (χ4v) is 1.75. The Balaban J connectivity index is 2.24. The minimum Gasteiger partial charge on any atom is -0.330 e. The van der Waals surface area contributed by atoms with Crippen LogP contribution in [0.15, 0.2) is 29.3 Å². The molecule has 1 amide bonds. The normalized spacial score (nSPS) is 10.3. The van der Waals surface area contributed by atoms with E-state index in [9.17, 15) is 4.79 Å². The number of aryl methyl sites for hydroxylation is 1. The van der Waals surface area contributed by atoms with Crippen LogP contribution in [0, 0.1) is 0 Å². The van der Waals surface area contributed by atoms with Gasteiger partial charge < -0.3 is 9.88 Å². The third-order valence-electron chi connectivity index (χ3n) is 2.10. The van der Waals surface area contributed by atoms with Gasteiger partial charge in [0.05, 0.1) is 18.2 Å². The predicted molar refractivity (Wildman–Crippen MR) is 68.1 cm³/mol. The van der Waals surface area contributed by atoms with Crippen LogP contribution in [0.1, 0.15) is 10.5 Å². The highest BCUT2D eigenvalue weighted by Gasteiger charge is 2.12. The smallest absolute Gasteiger partial charge is 0.274 e. The number of amides is 1. The maximum Gasteiger partial charge on any atom is 0.274 e.